The first kappa shape index (κ1) is 13.1. The van der Waals surface area contributed by atoms with Crippen molar-refractivity contribution in [2.24, 2.45) is 16.6 Å². The fourth-order valence-electron chi connectivity index (χ4n) is 1.06. The standard InChI is InChI=1S/C11H18N4O2/c1-8(2)6-13-10(12)15-11(16)14-7-9-4-3-5-17-9/h3-5,8H,6-7H2,1-2H3,(H4,12,13,14,15,16). The van der Waals surface area contributed by atoms with Gasteiger partial charge in [-0.3, -0.25) is 10.3 Å². The van der Waals surface area contributed by atoms with E-state index in [0.717, 1.165) is 0 Å². The van der Waals surface area contributed by atoms with Gasteiger partial charge in [-0.15, -0.1) is 0 Å². The van der Waals surface area contributed by atoms with Crippen LogP contribution in [0.2, 0.25) is 0 Å². The highest BCUT2D eigenvalue weighted by atomic mass is 16.3. The molecule has 0 aromatic carbocycles. The summed E-state index contributed by atoms with van der Waals surface area (Å²) in [5.74, 6) is 1.20. The second-order valence-corrected chi connectivity index (χ2v) is 4.01. The van der Waals surface area contributed by atoms with E-state index in [4.69, 9.17) is 10.2 Å². The van der Waals surface area contributed by atoms with E-state index in [-0.39, 0.29) is 5.96 Å². The number of carbonyl (C=O) groups excluding carboxylic acids is 1. The molecular weight excluding hydrogens is 220 g/mol. The molecule has 0 aliphatic rings. The zero-order chi connectivity index (χ0) is 12.7. The summed E-state index contributed by atoms with van der Waals surface area (Å²) in [5, 5.41) is 5.03. The lowest BCUT2D eigenvalue weighted by atomic mass is 10.2. The number of nitrogens with one attached hydrogen (secondary N) is 2. The lowest BCUT2D eigenvalue weighted by Gasteiger charge is -2.06. The minimum Gasteiger partial charge on any atom is -0.467 e. The molecule has 0 atom stereocenters. The minimum atomic E-state index is -0.397. The molecule has 94 valence electrons. The fraction of sp³-hybridized carbons (Fsp3) is 0.455. The number of hydrogen-bond acceptors (Lipinski definition) is 3. The Labute approximate surface area is 100 Å². The third kappa shape index (κ3) is 5.60. The fourth-order valence-corrected chi connectivity index (χ4v) is 1.06. The van der Waals surface area contributed by atoms with Crippen LogP contribution in [0.3, 0.4) is 0 Å². The molecule has 0 aliphatic carbocycles. The summed E-state index contributed by atoms with van der Waals surface area (Å²) in [4.78, 5) is 15.4. The van der Waals surface area contributed by atoms with E-state index in [0.29, 0.717) is 24.8 Å². The van der Waals surface area contributed by atoms with E-state index in [1.165, 1.54) is 0 Å². The first-order valence-corrected chi connectivity index (χ1v) is 5.45. The number of carbonyl (C=O) groups is 1. The van der Waals surface area contributed by atoms with E-state index in [1.54, 1.807) is 18.4 Å². The number of hydrogen-bond donors (Lipinski definition) is 3. The molecule has 1 rings (SSSR count). The van der Waals surface area contributed by atoms with Crippen LogP contribution in [0, 0.1) is 5.92 Å². The van der Waals surface area contributed by atoms with Crippen molar-refractivity contribution < 1.29 is 9.21 Å². The summed E-state index contributed by atoms with van der Waals surface area (Å²) >= 11 is 0. The van der Waals surface area contributed by atoms with Crippen molar-refractivity contribution in [3.8, 4) is 0 Å². The molecule has 2 amide bonds. The Morgan fingerprint density at radius 1 is 1.59 bits per heavy atom. The number of amides is 2. The van der Waals surface area contributed by atoms with Crippen LogP contribution in [0.5, 0.6) is 0 Å². The molecule has 6 nitrogen and oxygen atoms in total. The number of aliphatic imine (C=N–C) groups is 1. The quantitative estimate of drug-likeness (QED) is 0.540. The van der Waals surface area contributed by atoms with Crippen molar-refractivity contribution in [2.45, 2.75) is 20.4 Å². The Balaban J connectivity index is 2.27. The number of furan rings is 1. The van der Waals surface area contributed by atoms with E-state index in [9.17, 15) is 4.79 Å². The first-order chi connectivity index (χ1) is 8.08. The van der Waals surface area contributed by atoms with Gasteiger partial charge in [-0.2, -0.15) is 0 Å². The van der Waals surface area contributed by atoms with E-state index in [1.807, 2.05) is 13.8 Å². The van der Waals surface area contributed by atoms with Crippen molar-refractivity contribution >= 4 is 12.0 Å². The van der Waals surface area contributed by atoms with Crippen LogP contribution in [-0.2, 0) is 6.54 Å². The lowest BCUT2D eigenvalue weighted by molar-refractivity contribution is 0.244. The summed E-state index contributed by atoms with van der Waals surface area (Å²) in [6.07, 6.45) is 1.55. The Hall–Kier alpha value is -1.98. The van der Waals surface area contributed by atoms with Crippen LogP contribution >= 0.6 is 0 Å². The van der Waals surface area contributed by atoms with Gasteiger partial charge in [0, 0.05) is 6.54 Å². The summed E-state index contributed by atoms with van der Waals surface area (Å²) in [6, 6.07) is 3.13. The summed E-state index contributed by atoms with van der Waals surface area (Å²) in [5.41, 5.74) is 5.53. The first-order valence-electron chi connectivity index (χ1n) is 5.45. The van der Waals surface area contributed by atoms with Gasteiger partial charge in [0.1, 0.15) is 5.76 Å². The Morgan fingerprint density at radius 3 is 2.94 bits per heavy atom. The van der Waals surface area contributed by atoms with E-state index < -0.39 is 6.03 Å². The number of rotatable bonds is 4. The van der Waals surface area contributed by atoms with Gasteiger partial charge >= 0.3 is 6.03 Å². The molecule has 6 heteroatoms. The van der Waals surface area contributed by atoms with Gasteiger partial charge in [-0.05, 0) is 18.1 Å². The Morgan fingerprint density at radius 2 is 2.35 bits per heavy atom. The highest BCUT2D eigenvalue weighted by Crippen LogP contribution is 1.97. The normalized spacial score (nSPS) is 11.6. The van der Waals surface area contributed by atoms with Crippen LogP contribution in [-0.4, -0.2) is 18.5 Å². The second kappa shape index (κ2) is 6.57. The SMILES string of the molecule is CC(C)CN=C(N)NC(=O)NCc1ccco1. The zero-order valence-electron chi connectivity index (χ0n) is 10.1. The second-order valence-electron chi connectivity index (χ2n) is 4.01. The van der Waals surface area contributed by atoms with Gasteiger partial charge in [0.2, 0.25) is 0 Å². The molecule has 0 spiro atoms. The predicted molar refractivity (Wildman–Crippen MR) is 65.4 cm³/mol. The lowest BCUT2D eigenvalue weighted by Crippen LogP contribution is -2.43. The van der Waals surface area contributed by atoms with Crippen molar-refractivity contribution in [1.82, 2.24) is 10.6 Å². The summed E-state index contributed by atoms with van der Waals surface area (Å²) in [6.45, 7) is 4.95. The van der Waals surface area contributed by atoms with Gasteiger partial charge in [-0.25, -0.2) is 4.79 Å². The topological polar surface area (TPSA) is 92.6 Å². The van der Waals surface area contributed by atoms with Crippen molar-refractivity contribution in [3.63, 3.8) is 0 Å². The van der Waals surface area contributed by atoms with E-state index >= 15 is 0 Å². The molecule has 0 saturated heterocycles. The molecule has 0 fully saturated rings. The van der Waals surface area contributed by atoms with Gasteiger partial charge in [0.05, 0.1) is 12.8 Å². The molecule has 1 heterocycles. The molecule has 17 heavy (non-hydrogen) atoms. The number of urea groups is 1. The van der Waals surface area contributed by atoms with Crippen LogP contribution in [0.4, 0.5) is 4.79 Å². The maximum absolute atomic E-state index is 11.4. The van der Waals surface area contributed by atoms with Gasteiger partial charge < -0.3 is 15.5 Å². The number of guanidine groups is 1. The Kier molecular flexibility index (Phi) is 5.06. The van der Waals surface area contributed by atoms with E-state index in [2.05, 4.69) is 15.6 Å². The smallest absolute Gasteiger partial charge is 0.321 e. The molecule has 4 N–H and O–H groups in total. The predicted octanol–water partition coefficient (Wildman–Crippen LogP) is 1.05. The monoisotopic (exact) mass is 238 g/mol. The molecule has 0 aliphatic heterocycles. The van der Waals surface area contributed by atoms with Crippen LogP contribution in [0.15, 0.2) is 27.8 Å². The Bertz CT molecular complexity index is 371. The van der Waals surface area contributed by atoms with Gasteiger partial charge in [0.25, 0.3) is 0 Å². The van der Waals surface area contributed by atoms with Crippen molar-refractivity contribution in [1.29, 1.82) is 0 Å². The third-order valence-electron chi connectivity index (χ3n) is 1.87. The average Bonchev–Trinajstić information content (AvgIpc) is 2.76. The third-order valence-corrected chi connectivity index (χ3v) is 1.87. The van der Waals surface area contributed by atoms with Crippen molar-refractivity contribution in [2.75, 3.05) is 6.54 Å². The molecule has 0 unspecified atom stereocenters. The molecule has 0 bridgehead atoms. The molecule has 1 aromatic heterocycles. The van der Waals surface area contributed by atoms with Crippen LogP contribution in [0.1, 0.15) is 19.6 Å². The maximum Gasteiger partial charge on any atom is 0.321 e. The summed E-state index contributed by atoms with van der Waals surface area (Å²) < 4.78 is 5.06. The minimum absolute atomic E-state index is 0.121. The molecule has 0 radical (unpaired) electrons. The summed E-state index contributed by atoms with van der Waals surface area (Å²) in [7, 11) is 0. The number of nitrogens with two attached hydrogens (primary N) is 1. The largest absolute Gasteiger partial charge is 0.467 e. The zero-order valence-corrected chi connectivity index (χ0v) is 10.1. The number of nitrogens with zero attached hydrogens (tertiary/aromatic N) is 1. The maximum atomic E-state index is 11.4. The molecule has 0 saturated carbocycles. The van der Waals surface area contributed by atoms with Gasteiger partial charge in [0.15, 0.2) is 5.96 Å². The van der Waals surface area contributed by atoms with Crippen molar-refractivity contribution in [3.05, 3.63) is 24.2 Å². The van der Waals surface area contributed by atoms with Gasteiger partial charge in [-0.1, -0.05) is 13.8 Å². The highest BCUT2D eigenvalue weighted by molar-refractivity contribution is 5.95. The molecular formula is C11H18N4O2. The van der Waals surface area contributed by atoms with Crippen LogP contribution in [0.25, 0.3) is 0 Å². The average molecular weight is 238 g/mol. The molecule has 1 aromatic rings. The highest BCUT2D eigenvalue weighted by Gasteiger charge is 2.03. The van der Waals surface area contributed by atoms with Crippen LogP contribution < -0.4 is 16.4 Å².